The van der Waals surface area contributed by atoms with Gasteiger partial charge in [-0.15, -0.1) is 0 Å². The summed E-state index contributed by atoms with van der Waals surface area (Å²) in [7, 11) is 0. The summed E-state index contributed by atoms with van der Waals surface area (Å²) in [5.74, 6) is 0.241. The van der Waals surface area contributed by atoms with Crippen LogP contribution in [0.1, 0.15) is 40.4 Å². The van der Waals surface area contributed by atoms with Gasteiger partial charge in [0.05, 0.1) is 0 Å². The molecule has 140 valence electrons. The van der Waals surface area contributed by atoms with Gasteiger partial charge in [0, 0.05) is 29.2 Å². The largest absolute Gasteiger partial charge is 0.456 e. The van der Waals surface area contributed by atoms with Crippen LogP contribution in [-0.4, -0.2) is 11.6 Å². The molecule has 0 unspecified atom stereocenters. The van der Waals surface area contributed by atoms with E-state index in [2.05, 4.69) is 0 Å². The van der Waals surface area contributed by atoms with E-state index in [4.69, 9.17) is 4.42 Å². The van der Waals surface area contributed by atoms with Gasteiger partial charge in [0.25, 0.3) is 0 Å². The van der Waals surface area contributed by atoms with E-state index in [0.717, 1.165) is 44.2 Å². The minimum atomic E-state index is 0.0600. The van der Waals surface area contributed by atoms with Gasteiger partial charge in [-0.2, -0.15) is 0 Å². The Labute approximate surface area is 164 Å². The number of para-hydroxylation sites is 1. The number of rotatable bonds is 6. The number of carbonyl (C=O) groups is 2. The fraction of sp³-hybridized carbons (Fsp3) is 0.200. The number of fused-ring (bicyclic) bond motifs is 3. The zero-order valence-electron chi connectivity index (χ0n) is 16.1. The van der Waals surface area contributed by atoms with E-state index in [1.54, 1.807) is 6.92 Å². The van der Waals surface area contributed by atoms with Crippen LogP contribution in [0.3, 0.4) is 0 Å². The summed E-state index contributed by atoms with van der Waals surface area (Å²) in [5, 5.41) is 2.17. The molecule has 1 aromatic heterocycles. The lowest BCUT2D eigenvalue weighted by molar-refractivity contribution is -0.118. The van der Waals surface area contributed by atoms with Crippen LogP contribution in [0.5, 0.6) is 0 Å². The van der Waals surface area contributed by atoms with Gasteiger partial charge < -0.3 is 4.42 Å². The zero-order chi connectivity index (χ0) is 19.7. The monoisotopic (exact) mass is 370 g/mol. The molecule has 0 aliphatic carbocycles. The molecule has 0 N–H and O–H groups in total. The second kappa shape index (κ2) is 7.43. The smallest absolute Gasteiger partial charge is 0.160 e. The third kappa shape index (κ3) is 3.61. The summed E-state index contributed by atoms with van der Waals surface area (Å²) in [6.07, 6.45) is 1.49. The molecule has 4 rings (SSSR count). The van der Waals surface area contributed by atoms with Gasteiger partial charge in [-0.05, 0) is 55.2 Å². The number of benzene rings is 3. The first-order valence-corrected chi connectivity index (χ1v) is 9.53. The van der Waals surface area contributed by atoms with E-state index in [1.165, 1.54) is 0 Å². The highest BCUT2D eigenvalue weighted by Gasteiger charge is 2.11. The van der Waals surface area contributed by atoms with Crippen molar-refractivity contribution in [1.29, 1.82) is 0 Å². The molecule has 0 spiro atoms. The zero-order valence-corrected chi connectivity index (χ0v) is 16.1. The average molecular weight is 370 g/mol. The molecule has 0 bridgehead atoms. The predicted octanol–water partition coefficient (Wildman–Crippen LogP) is 5.84. The van der Waals surface area contributed by atoms with Crippen LogP contribution in [0.25, 0.3) is 21.9 Å². The molecule has 0 amide bonds. The van der Waals surface area contributed by atoms with Crippen molar-refractivity contribution in [3.63, 3.8) is 0 Å². The Balaban J connectivity index is 1.46. The van der Waals surface area contributed by atoms with Crippen LogP contribution in [0.15, 0.2) is 65.1 Å². The topological polar surface area (TPSA) is 47.3 Å². The minimum absolute atomic E-state index is 0.0600. The summed E-state index contributed by atoms with van der Waals surface area (Å²) in [6, 6.07) is 19.8. The van der Waals surface area contributed by atoms with Crippen molar-refractivity contribution in [3.05, 3.63) is 82.9 Å². The van der Waals surface area contributed by atoms with Crippen LogP contribution in [0, 0.1) is 6.92 Å². The van der Waals surface area contributed by atoms with E-state index in [9.17, 15) is 9.59 Å². The third-order valence-electron chi connectivity index (χ3n) is 5.22. The second-order valence-corrected chi connectivity index (χ2v) is 7.35. The highest BCUT2D eigenvalue weighted by molar-refractivity contribution is 6.05. The van der Waals surface area contributed by atoms with Gasteiger partial charge in [-0.3, -0.25) is 9.59 Å². The summed E-state index contributed by atoms with van der Waals surface area (Å²) in [5.41, 5.74) is 5.38. The molecule has 0 saturated heterocycles. The molecule has 0 atom stereocenters. The maximum absolute atomic E-state index is 12.5. The predicted molar refractivity (Wildman–Crippen MR) is 112 cm³/mol. The Morgan fingerprint density at radius 2 is 1.61 bits per heavy atom. The maximum Gasteiger partial charge on any atom is 0.160 e. The molecule has 0 radical (unpaired) electrons. The number of hydrogen-bond donors (Lipinski definition) is 0. The SMILES string of the molecule is CC(=O)c1cc(CCC(=O)Cc2ccc3c(c2)oc2ccccc23)ccc1C. The third-order valence-corrected chi connectivity index (χ3v) is 5.22. The maximum atomic E-state index is 12.5. The van der Waals surface area contributed by atoms with E-state index in [0.29, 0.717) is 19.3 Å². The van der Waals surface area contributed by atoms with Crippen LogP contribution in [-0.2, 0) is 17.6 Å². The summed E-state index contributed by atoms with van der Waals surface area (Å²) in [6.45, 7) is 3.51. The normalized spacial score (nSPS) is 11.2. The molecule has 0 fully saturated rings. The average Bonchev–Trinajstić information content (AvgIpc) is 3.05. The molecule has 0 aliphatic rings. The summed E-state index contributed by atoms with van der Waals surface area (Å²) >= 11 is 0. The van der Waals surface area contributed by atoms with Crippen molar-refractivity contribution < 1.29 is 14.0 Å². The van der Waals surface area contributed by atoms with Crippen molar-refractivity contribution in [2.45, 2.75) is 33.1 Å². The Hall–Kier alpha value is -3.20. The Morgan fingerprint density at radius 3 is 2.43 bits per heavy atom. The number of Topliss-reactive ketones (excluding diaryl/α,β-unsaturated/α-hetero) is 2. The highest BCUT2D eigenvalue weighted by atomic mass is 16.3. The molecular weight excluding hydrogens is 348 g/mol. The lowest BCUT2D eigenvalue weighted by atomic mass is 9.97. The van der Waals surface area contributed by atoms with Gasteiger partial charge in [0.15, 0.2) is 5.78 Å². The molecule has 3 nitrogen and oxygen atoms in total. The lowest BCUT2D eigenvalue weighted by Crippen LogP contribution is -2.05. The first-order valence-electron chi connectivity index (χ1n) is 9.53. The van der Waals surface area contributed by atoms with Gasteiger partial charge in [-0.25, -0.2) is 0 Å². The fourth-order valence-electron chi connectivity index (χ4n) is 3.68. The molecule has 1 heterocycles. The first-order chi connectivity index (χ1) is 13.5. The second-order valence-electron chi connectivity index (χ2n) is 7.35. The number of carbonyl (C=O) groups excluding carboxylic acids is 2. The first kappa shape index (κ1) is 18.2. The fourth-order valence-corrected chi connectivity index (χ4v) is 3.68. The number of aryl methyl sites for hydroxylation is 2. The number of furan rings is 1. The minimum Gasteiger partial charge on any atom is -0.456 e. The molecule has 4 aromatic rings. The molecule has 0 saturated carbocycles. The van der Waals surface area contributed by atoms with Gasteiger partial charge in [0.2, 0.25) is 0 Å². The van der Waals surface area contributed by atoms with Gasteiger partial charge >= 0.3 is 0 Å². The molecule has 28 heavy (non-hydrogen) atoms. The van der Waals surface area contributed by atoms with Crippen molar-refractivity contribution >= 4 is 33.5 Å². The molecular formula is C25H22O3. The Kier molecular flexibility index (Phi) is 4.82. The summed E-state index contributed by atoms with van der Waals surface area (Å²) in [4.78, 5) is 24.2. The van der Waals surface area contributed by atoms with Crippen molar-refractivity contribution in [3.8, 4) is 0 Å². The van der Waals surface area contributed by atoms with E-state index >= 15 is 0 Å². The van der Waals surface area contributed by atoms with Crippen LogP contribution < -0.4 is 0 Å². The standard InChI is InChI=1S/C25H22O3/c1-16-7-8-18(14-23(16)17(2)26)9-11-20(27)13-19-10-12-22-21-5-3-4-6-24(21)28-25(22)15-19/h3-8,10,12,14-15H,9,11,13H2,1-2H3. The van der Waals surface area contributed by atoms with E-state index in [1.807, 2.05) is 67.6 Å². The molecule has 0 aliphatic heterocycles. The quantitative estimate of drug-likeness (QED) is 0.401. The number of ketones is 2. The number of hydrogen-bond acceptors (Lipinski definition) is 3. The molecule has 3 aromatic carbocycles. The Bertz CT molecular complexity index is 1200. The highest BCUT2D eigenvalue weighted by Crippen LogP contribution is 2.29. The van der Waals surface area contributed by atoms with Crippen LogP contribution in [0.4, 0.5) is 0 Å². The van der Waals surface area contributed by atoms with Gasteiger partial charge in [-0.1, -0.05) is 42.5 Å². The van der Waals surface area contributed by atoms with Crippen molar-refractivity contribution in [2.75, 3.05) is 0 Å². The van der Waals surface area contributed by atoms with Crippen LogP contribution in [0.2, 0.25) is 0 Å². The van der Waals surface area contributed by atoms with Crippen molar-refractivity contribution in [1.82, 2.24) is 0 Å². The Morgan fingerprint density at radius 1 is 0.857 bits per heavy atom. The summed E-state index contributed by atoms with van der Waals surface area (Å²) < 4.78 is 5.91. The van der Waals surface area contributed by atoms with Gasteiger partial charge in [0.1, 0.15) is 16.9 Å². The van der Waals surface area contributed by atoms with E-state index < -0.39 is 0 Å². The lowest BCUT2D eigenvalue weighted by Gasteiger charge is -2.06. The van der Waals surface area contributed by atoms with Crippen molar-refractivity contribution in [2.24, 2.45) is 0 Å². The molecule has 3 heteroatoms. The van der Waals surface area contributed by atoms with E-state index in [-0.39, 0.29) is 11.6 Å². The van der Waals surface area contributed by atoms with Crippen LogP contribution >= 0.6 is 0 Å².